The molecule has 1 aliphatic heterocycles. The Kier molecular flexibility index (Phi) is 5.70. The molecule has 5 rings (SSSR count). The molecule has 0 amide bonds. The standard InChI is InChI=1S/C17H19N10O8P/c18-11-8-14(23-3-22-11)27(4-24-8)16-10(29)9(28)6(34-16)2-33-36(31,32)35-12(19)5-1-21-13-7(5)15(30)26-17(20)25-13/h1,3-4,6,9-10,16,19,28-29H,2H2,(H,31,32)(H2,18,22,23)(H4,20,21,25,26,30)/p-1/t6-,9-,10-,16-/m1/s1. The number of nitrogen functional groups attached to an aromatic ring is 2. The molecule has 1 saturated heterocycles. The van der Waals surface area contributed by atoms with E-state index in [9.17, 15) is 24.5 Å². The molecule has 4 aromatic heterocycles. The average molecular weight is 521 g/mol. The zero-order chi connectivity index (χ0) is 25.8. The summed E-state index contributed by atoms with van der Waals surface area (Å²) in [7, 11) is -5.19. The number of hydrogen-bond donors (Lipinski definition) is 7. The smallest absolute Gasteiger partial charge is 0.321 e. The summed E-state index contributed by atoms with van der Waals surface area (Å²) in [6.07, 6.45) is -1.98. The van der Waals surface area contributed by atoms with Crippen molar-refractivity contribution in [3.8, 4) is 0 Å². The zero-order valence-electron chi connectivity index (χ0n) is 17.9. The monoisotopic (exact) mass is 521 g/mol. The van der Waals surface area contributed by atoms with E-state index < -0.39 is 50.4 Å². The zero-order valence-corrected chi connectivity index (χ0v) is 18.8. The van der Waals surface area contributed by atoms with E-state index in [0.717, 1.165) is 6.20 Å². The Morgan fingerprint density at radius 2 is 2.08 bits per heavy atom. The number of anilines is 2. The minimum absolute atomic E-state index is 0.0165. The predicted octanol–water partition coefficient (Wildman–Crippen LogP) is -2.30. The predicted molar refractivity (Wildman–Crippen MR) is 118 cm³/mol. The van der Waals surface area contributed by atoms with Crippen molar-refractivity contribution in [2.75, 3.05) is 18.1 Å². The number of hydrogen-bond acceptors (Lipinski definition) is 15. The molecule has 4 aromatic rings. The van der Waals surface area contributed by atoms with E-state index in [1.165, 1.54) is 17.2 Å². The van der Waals surface area contributed by atoms with Crippen LogP contribution in [0.2, 0.25) is 0 Å². The van der Waals surface area contributed by atoms with Gasteiger partial charge in [-0.05, 0) is 0 Å². The third-order valence-corrected chi connectivity index (χ3v) is 6.27. The SMILES string of the molecule is N=C(OP(=O)([O-])OC[C@H]1O[C@@H](n2cnc3c(N)ncnc32)[C@H](O)[C@@H]1O)c1c[nH]c2nc(N)[nH]c(=O)c12. The molecule has 19 heteroatoms. The number of nitrogens with two attached hydrogens (primary N) is 2. The van der Waals surface area contributed by atoms with Crippen molar-refractivity contribution in [2.24, 2.45) is 0 Å². The van der Waals surface area contributed by atoms with Crippen LogP contribution in [-0.2, 0) is 18.3 Å². The lowest BCUT2D eigenvalue weighted by Crippen LogP contribution is -2.34. The summed E-state index contributed by atoms with van der Waals surface area (Å²) in [6, 6.07) is 0. The second-order valence-corrected chi connectivity index (χ2v) is 9.00. The summed E-state index contributed by atoms with van der Waals surface area (Å²) in [5.74, 6) is -1.01. The average Bonchev–Trinajstić information content (AvgIpc) is 3.50. The molecule has 18 nitrogen and oxygen atoms in total. The Morgan fingerprint density at radius 1 is 1.31 bits per heavy atom. The maximum atomic E-state index is 12.3. The highest BCUT2D eigenvalue weighted by Gasteiger charge is 2.45. The quantitative estimate of drug-likeness (QED) is 0.0798. The minimum atomic E-state index is -5.19. The maximum absolute atomic E-state index is 12.3. The van der Waals surface area contributed by atoms with Crippen molar-refractivity contribution in [1.29, 1.82) is 5.41 Å². The van der Waals surface area contributed by atoms with Crippen molar-refractivity contribution in [3.05, 3.63) is 34.8 Å². The van der Waals surface area contributed by atoms with Gasteiger partial charge in [-0.2, -0.15) is 4.98 Å². The molecular weight excluding hydrogens is 503 g/mol. The topological polar surface area (TPSA) is 289 Å². The molecule has 0 radical (unpaired) electrons. The molecule has 0 saturated carbocycles. The first-order valence-electron chi connectivity index (χ1n) is 10.1. The summed E-state index contributed by atoms with van der Waals surface area (Å²) in [4.78, 5) is 45.0. The highest BCUT2D eigenvalue weighted by atomic mass is 31.2. The molecule has 36 heavy (non-hydrogen) atoms. The molecule has 1 unspecified atom stereocenters. The number of ether oxygens (including phenoxy) is 1. The molecule has 190 valence electrons. The number of fused-ring (bicyclic) bond motifs is 2. The summed E-state index contributed by atoms with van der Waals surface area (Å²) < 4.78 is 28.7. The largest absolute Gasteiger partial charge is 0.746 e. The normalized spacial score (nSPS) is 23.8. The Bertz CT molecular complexity index is 1580. The number of rotatable bonds is 6. The summed E-state index contributed by atoms with van der Waals surface area (Å²) >= 11 is 0. The first-order chi connectivity index (χ1) is 17.1. The van der Waals surface area contributed by atoms with Gasteiger partial charge in [-0.3, -0.25) is 24.3 Å². The van der Waals surface area contributed by atoms with Crippen LogP contribution in [0.15, 0.2) is 23.6 Å². The van der Waals surface area contributed by atoms with E-state index in [2.05, 4.69) is 34.4 Å². The van der Waals surface area contributed by atoms with E-state index in [0.29, 0.717) is 0 Å². The van der Waals surface area contributed by atoms with Gasteiger partial charge >= 0.3 is 7.82 Å². The van der Waals surface area contributed by atoms with Gasteiger partial charge in [-0.1, -0.05) is 0 Å². The van der Waals surface area contributed by atoms with Gasteiger partial charge < -0.3 is 45.3 Å². The molecule has 5 heterocycles. The van der Waals surface area contributed by atoms with Crippen molar-refractivity contribution >= 4 is 47.7 Å². The van der Waals surface area contributed by atoms with E-state index in [1.807, 2.05) is 0 Å². The van der Waals surface area contributed by atoms with Crippen LogP contribution in [0.3, 0.4) is 0 Å². The second kappa shape index (κ2) is 8.63. The highest BCUT2D eigenvalue weighted by Crippen LogP contribution is 2.41. The molecule has 9 N–H and O–H groups in total. The fourth-order valence-electron chi connectivity index (χ4n) is 3.74. The number of aliphatic hydroxyl groups excluding tert-OH is 2. The lowest BCUT2D eigenvalue weighted by Gasteiger charge is -2.25. The van der Waals surface area contributed by atoms with E-state index in [4.69, 9.17) is 26.1 Å². The molecule has 1 aliphatic rings. The lowest BCUT2D eigenvalue weighted by atomic mass is 10.1. The fraction of sp³-hybridized carbons (Fsp3) is 0.294. The van der Waals surface area contributed by atoms with Crippen LogP contribution >= 0.6 is 7.82 Å². The number of H-pyrrole nitrogens is 2. The first kappa shape index (κ1) is 23.8. The van der Waals surface area contributed by atoms with Gasteiger partial charge in [-0.15, -0.1) is 0 Å². The number of nitrogens with one attached hydrogen (secondary N) is 3. The maximum Gasteiger partial charge on any atom is 0.321 e. The Labute approximate surface area is 199 Å². The Balaban J connectivity index is 1.28. The van der Waals surface area contributed by atoms with E-state index in [1.54, 1.807) is 0 Å². The molecular formula is C17H18N10O8P-. The van der Waals surface area contributed by atoms with Crippen molar-refractivity contribution in [3.63, 3.8) is 0 Å². The second-order valence-electron chi connectivity index (χ2n) is 7.67. The lowest BCUT2D eigenvalue weighted by molar-refractivity contribution is -0.221. The fourth-order valence-corrected chi connectivity index (χ4v) is 4.45. The molecule has 5 atom stereocenters. The van der Waals surface area contributed by atoms with Crippen LogP contribution in [0.4, 0.5) is 11.8 Å². The highest BCUT2D eigenvalue weighted by molar-refractivity contribution is 7.46. The van der Waals surface area contributed by atoms with Crippen molar-refractivity contribution in [1.82, 2.24) is 34.5 Å². The van der Waals surface area contributed by atoms with Crippen molar-refractivity contribution < 1.29 is 33.5 Å². The van der Waals surface area contributed by atoms with Gasteiger partial charge in [0.25, 0.3) is 5.56 Å². The van der Waals surface area contributed by atoms with Gasteiger partial charge in [0.05, 0.1) is 23.9 Å². The van der Waals surface area contributed by atoms with Crippen LogP contribution in [0.5, 0.6) is 0 Å². The van der Waals surface area contributed by atoms with Crippen LogP contribution in [0, 0.1) is 5.41 Å². The summed E-state index contributed by atoms with van der Waals surface area (Å²) in [5.41, 5.74) is 10.8. The van der Waals surface area contributed by atoms with Crippen LogP contribution in [-0.4, -0.2) is 75.5 Å². The number of aliphatic hydroxyl groups is 2. The number of aromatic nitrogens is 7. The van der Waals surface area contributed by atoms with Gasteiger partial charge in [0, 0.05) is 6.20 Å². The number of phosphoric acid groups is 1. The number of phosphoric ester groups is 1. The van der Waals surface area contributed by atoms with Gasteiger partial charge in [0.15, 0.2) is 17.7 Å². The van der Waals surface area contributed by atoms with Gasteiger partial charge in [0.1, 0.15) is 35.8 Å². The molecule has 1 fully saturated rings. The Hall–Kier alpha value is -3.93. The third-order valence-electron chi connectivity index (χ3n) is 5.40. The van der Waals surface area contributed by atoms with Crippen LogP contribution < -0.4 is 21.9 Å². The van der Waals surface area contributed by atoms with Gasteiger partial charge in [0.2, 0.25) is 11.8 Å². The summed E-state index contributed by atoms with van der Waals surface area (Å²) in [6.45, 7) is -0.765. The van der Waals surface area contributed by atoms with Crippen LogP contribution in [0.25, 0.3) is 22.2 Å². The number of nitrogens with zero attached hydrogens (tertiary/aromatic N) is 5. The van der Waals surface area contributed by atoms with E-state index >= 15 is 0 Å². The summed E-state index contributed by atoms with van der Waals surface area (Å²) in [5, 5.41) is 28.6. The molecule has 0 aromatic carbocycles. The Morgan fingerprint density at radius 3 is 2.86 bits per heavy atom. The van der Waals surface area contributed by atoms with Crippen molar-refractivity contribution in [2.45, 2.75) is 24.5 Å². The van der Waals surface area contributed by atoms with E-state index in [-0.39, 0.29) is 39.5 Å². The molecule has 0 bridgehead atoms. The van der Waals surface area contributed by atoms with Gasteiger partial charge in [-0.25, -0.2) is 15.0 Å². The first-order valence-corrected chi connectivity index (χ1v) is 11.6. The number of imidazole rings is 1. The minimum Gasteiger partial charge on any atom is -0.746 e. The molecule has 0 spiro atoms. The number of aromatic amines is 2. The van der Waals surface area contributed by atoms with Crippen LogP contribution in [0.1, 0.15) is 11.8 Å². The molecule has 0 aliphatic carbocycles. The third kappa shape index (κ3) is 4.06.